The topological polar surface area (TPSA) is 39.8 Å². The van der Waals surface area contributed by atoms with Crippen molar-refractivity contribution in [3.05, 3.63) is 43.6 Å². The molecule has 0 aliphatic carbocycles. The fourth-order valence-corrected chi connectivity index (χ4v) is 0.321. The molecule has 14 heavy (non-hydrogen) atoms. The summed E-state index contributed by atoms with van der Waals surface area (Å²) >= 11 is 0. The van der Waals surface area contributed by atoms with Crippen molar-refractivity contribution in [3.8, 4) is 0 Å². The first-order valence-corrected chi connectivity index (χ1v) is 3.78. The van der Waals surface area contributed by atoms with Gasteiger partial charge in [-0.2, -0.15) is 18.2 Å². The van der Waals surface area contributed by atoms with Gasteiger partial charge < -0.3 is 0 Å². The van der Waals surface area contributed by atoms with Crippen LogP contribution in [-0.4, -0.2) is 0 Å². The molecule has 0 fully saturated rings. The van der Waals surface area contributed by atoms with E-state index in [1.807, 2.05) is 30.3 Å². The summed E-state index contributed by atoms with van der Waals surface area (Å²) in [6, 6.07) is 10.0. The third-order valence-corrected chi connectivity index (χ3v) is 0.556. The molecule has 0 aliphatic rings. The fraction of sp³-hybridized carbons (Fsp3) is 0. The van der Waals surface area contributed by atoms with E-state index >= 15 is 0 Å². The largest absolute Gasteiger partial charge is 0.214 e. The van der Waals surface area contributed by atoms with Gasteiger partial charge in [-0.15, -0.1) is 0 Å². The minimum absolute atomic E-state index is 0. The molecule has 79 valence electrons. The van der Waals surface area contributed by atoms with Crippen LogP contribution in [-0.2, 0) is 26.4 Å². The van der Waals surface area contributed by atoms with Crippen LogP contribution in [0.4, 0.5) is 12.6 Å². The zero-order valence-corrected chi connectivity index (χ0v) is 8.90. The van der Waals surface area contributed by atoms with E-state index in [0.717, 1.165) is 0 Å². The van der Waals surface area contributed by atoms with E-state index in [1.54, 1.807) is 0 Å². The molecule has 1 radical (unpaired) electrons. The standard InChI is InChI=1S/C5H5.2CO.F3HP.Mn/c1-2-4-5-3-1;2*1-2;1-4(2)3;/h1-5H;;;4H;/q-1;;;+1;. The Hall–Kier alpha value is -0.431. The second-order valence-electron chi connectivity index (χ2n) is 1.18. The van der Waals surface area contributed by atoms with Gasteiger partial charge in [-0.1, -0.05) is 0 Å². The van der Waals surface area contributed by atoms with Crippen LogP contribution in [0.15, 0.2) is 30.3 Å². The van der Waals surface area contributed by atoms with E-state index in [1.165, 1.54) is 0 Å². The van der Waals surface area contributed by atoms with E-state index < -0.39 is 8.85 Å². The second kappa shape index (κ2) is 29.4. The molecule has 0 aromatic heterocycles. The first-order valence-electron chi connectivity index (χ1n) is 2.64. The van der Waals surface area contributed by atoms with Gasteiger partial charge in [0.05, 0.1) is 0 Å². The summed E-state index contributed by atoms with van der Waals surface area (Å²) in [6.45, 7) is 9.00. The molecular formula is C7H6F3MnO2P. The van der Waals surface area contributed by atoms with Crippen LogP contribution in [0.1, 0.15) is 0 Å². The Bertz CT molecular complexity index is 163. The SMILES string of the molecule is F[PH+](F)F.[C-]#[O+].[C-]#[O+].[Mn].c1cc[cH-]c1. The van der Waals surface area contributed by atoms with Crippen molar-refractivity contribution < 1.29 is 39.0 Å². The number of halogens is 3. The zero-order valence-electron chi connectivity index (χ0n) is 6.72. The molecule has 0 saturated heterocycles. The molecule has 0 unspecified atom stereocenters. The predicted octanol–water partition coefficient (Wildman–Crippen LogP) is 3.18. The first-order chi connectivity index (χ1) is 6.23. The third-order valence-electron chi connectivity index (χ3n) is 0.556. The van der Waals surface area contributed by atoms with Gasteiger partial charge in [0.1, 0.15) is 0 Å². The van der Waals surface area contributed by atoms with Gasteiger partial charge in [0.15, 0.2) is 0 Å². The maximum absolute atomic E-state index is 9.77. The van der Waals surface area contributed by atoms with Crippen molar-refractivity contribution in [2.75, 3.05) is 0 Å². The van der Waals surface area contributed by atoms with Crippen LogP contribution in [0.5, 0.6) is 0 Å². The molecule has 0 bridgehead atoms. The molecule has 1 aromatic carbocycles. The summed E-state index contributed by atoms with van der Waals surface area (Å²) in [4.78, 5) is 0. The number of hydrogen-bond donors (Lipinski definition) is 0. The van der Waals surface area contributed by atoms with Gasteiger partial charge in [-0.25, -0.2) is 12.1 Å². The first kappa shape index (κ1) is 23.4. The summed E-state index contributed by atoms with van der Waals surface area (Å²) in [5.41, 5.74) is 0. The van der Waals surface area contributed by atoms with Gasteiger partial charge in [0.2, 0.25) is 0 Å². The van der Waals surface area contributed by atoms with Crippen LogP contribution in [0, 0.1) is 13.3 Å². The van der Waals surface area contributed by atoms with Crippen molar-refractivity contribution in [1.82, 2.24) is 0 Å². The molecule has 1 rings (SSSR count). The van der Waals surface area contributed by atoms with Gasteiger partial charge in [-0.3, -0.25) is 0 Å². The Kier molecular flexibility index (Phi) is 49.1. The molecule has 0 heterocycles. The van der Waals surface area contributed by atoms with Crippen molar-refractivity contribution in [2.24, 2.45) is 0 Å². The van der Waals surface area contributed by atoms with Gasteiger partial charge >= 0.3 is 31.5 Å². The van der Waals surface area contributed by atoms with E-state index in [9.17, 15) is 12.6 Å². The van der Waals surface area contributed by atoms with Crippen molar-refractivity contribution in [2.45, 2.75) is 0 Å². The smallest absolute Gasteiger partial charge is 0 e. The maximum atomic E-state index is 9.77. The molecular weight excluding hydrogens is 259 g/mol. The Balaban J connectivity index is -0.0000000511. The Labute approximate surface area is 91.9 Å². The molecule has 0 atom stereocenters. The summed E-state index contributed by atoms with van der Waals surface area (Å²) in [5.74, 6) is 0. The summed E-state index contributed by atoms with van der Waals surface area (Å²) in [6.07, 6.45) is 0. The van der Waals surface area contributed by atoms with Crippen LogP contribution in [0.2, 0.25) is 0 Å². The molecule has 0 saturated carbocycles. The van der Waals surface area contributed by atoms with Gasteiger partial charge in [-0.05, 0) is 0 Å². The maximum Gasteiger partial charge on any atom is 0 e. The second-order valence-corrected chi connectivity index (χ2v) is 1.61. The van der Waals surface area contributed by atoms with Crippen molar-refractivity contribution >= 4 is 8.85 Å². The molecule has 0 spiro atoms. The number of hydrogen-bond acceptors (Lipinski definition) is 0. The molecule has 1 aromatic rings. The minimum atomic E-state index is -4.38. The Morgan fingerprint density at radius 2 is 1.14 bits per heavy atom. The zero-order chi connectivity index (χ0) is 11.1. The third kappa shape index (κ3) is 61.9. The predicted molar refractivity (Wildman–Crippen MR) is 41.5 cm³/mol. The Morgan fingerprint density at radius 1 is 0.929 bits per heavy atom. The molecule has 2 nitrogen and oxygen atoms in total. The number of rotatable bonds is 0. The van der Waals surface area contributed by atoms with Crippen molar-refractivity contribution in [1.29, 1.82) is 0 Å². The molecule has 0 N–H and O–H groups in total. The molecule has 0 aliphatic heterocycles. The van der Waals surface area contributed by atoms with Crippen LogP contribution >= 0.6 is 8.85 Å². The monoisotopic (exact) mass is 265 g/mol. The van der Waals surface area contributed by atoms with E-state index in [4.69, 9.17) is 9.30 Å². The van der Waals surface area contributed by atoms with E-state index in [0.29, 0.717) is 0 Å². The molecule has 7 heteroatoms. The van der Waals surface area contributed by atoms with Gasteiger partial charge in [0, 0.05) is 29.7 Å². The average molecular weight is 265 g/mol. The fourth-order valence-electron chi connectivity index (χ4n) is 0.321. The average Bonchev–Trinajstić information content (AvgIpc) is 2.67. The Morgan fingerprint density at radius 3 is 1.21 bits per heavy atom. The van der Waals surface area contributed by atoms with E-state index in [2.05, 4.69) is 13.3 Å². The van der Waals surface area contributed by atoms with Gasteiger partial charge in [0.25, 0.3) is 0 Å². The quantitative estimate of drug-likeness (QED) is 0.299. The minimum Gasteiger partial charge on any atom is -0.214 e. The summed E-state index contributed by atoms with van der Waals surface area (Å²) < 4.78 is 44.3. The van der Waals surface area contributed by atoms with Crippen molar-refractivity contribution in [3.63, 3.8) is 0 Å². The summed E-state index contributed by atoms with van der Waals surface area (Å²) in [5, 5.41) is 0. The van der Waals surface area contributed by atoms with Crippen LogP contribution < -0.4 is 0 Å². The molecule has 0 amide bonds. The van der Waals surface area contributed by atoms with E-state index in [-0.39, 0.29) is 17.1 Å². The normalized spacial score (nSPS) is 5.71. The van der Waals surface area contributed by atoms with Crippen LogP contribution in [0.25, 0.3) is 0 Å². The summed E-state index contributed by atoms with van der Waals surface area (Å²) in [7, 11) is -4.38. The van der Waals surface area contributed by atoms with Crippen LogP contribution in [0.3, 0.4) is 0 Å².